The topological polar surface area (TPSA) is 263 Å². The van der Waals surface area contributed by atoms with Gasteiger partial charge in [0.15, 0.2) is 12.6 Å². The second kappa shape index (κ2) is 14.2. The molecule has 2 aliphatic rings. The number of hydrogen-bond acceptors (Lipinski definition) is 9. The second-order valence-electron chi connectivity index (χ2n) is 7.22. The predicted octanol–water partition coefficient (Wildman–Crippen LogP) is 4.00. The van der Waals surface area contributed by atoms with Crippen LogP contribution in [0.15, 0.2) is 20.5 Å². The minimum Gasteiger partial charge on any atom is -0.392 e. The lowest BCUT2D eigenvalue weighted by molar-refractivity contribution is -0.202. The number of ether oxygens (including phenoxy) is 2. The lowest BCUT2D eigenvalue weighted by atomic mass is 9.88. The summed E-state index contributed by atoms with van der Waals surface area (Å²) in [6.45, 7) is 7.14. The first-order valence-corrected chi connectivity index (χ1v) is 12.9. The molecule has 2 rings (SSSR count). The third-order valence-corrected chi connectivity index (χ3v) is 5.93. The molecule has 2 aliphatic heterocycles. The number of hydrogen-bond donors (Lipinski definition) is 2. The zero-order valence-corrected chi connectivity index (χ0v) is 20.3. The number of aliphatic hydroxyl groups is 2. The fourth-order valence-corrected chi connectivity index (χ4v) is 4.28. The molecule has 12 atom stereocenters. The van der Waals surface area contributed by atoms with Gasteiger partial charge in [0.1, 0.15) is 6.04 Å². The van der Waals surface area contributed by atoms with Crippen LogP contribution in [-0.4, -0.2) is 71.9 Å². The first kappa shape index (κ1) is 28.9. The number of aliphatic hydroxyl groups excluding tert-OH is 2. The summed E-state index contributed by atoms with van der Waals surface area (Å²) in [5, 5.41) is 32.9. The van der Waals surface area contributed by atoms with Crippen LogP contribution in [0.25, 0.3) is 41.8 Å². The molecular formula is C14H26N12O5P2. The highest BCUT2D eigenvalue weighted by Gasteiger charge is 2.43. The summed E-state index contributed by atoms with van der Waals surface area (Å²) in [5.74, 6) is -0.134. The Morgan fingerprint density at radius 3 is 1.76 bits per heavy atom. The molecule has 0 saturated carbocycles. The first-order valence-electron chi connectivity index (χ1n) is 9.61. The highest BCUT2D eigenvalue weighted by atomic mass is 32.0. The van der Waals surface area contributed by atoms with Crippen LogP contribution >= 0.6 is 16.8 Å². The second-order valence-corrected chi connectivity index (χ2v) is 10.7. The molecule has 0 aliphatic carbocycles. The van der Waals surface area contributed by atoms with E-state index < -0.39 is 50.8 Å². The highest BCUT2D eigenvalue weighted by molar-refractivity contribution is 8.10. The maximum absolute atomic E-state index is 9.66. The predicted molar refractivity (Wildman–Crippen MR) is 121 cm³/mol. The summed E-state index contributed by atoms with van der Waals surface area (Å²) in [6, 6.07) is -2.90. The monoisotopic (exact) mass is 504 g/mol. The van der Waals surface area contributed by atoms with E-state index >= 15 is 0 Å². The van der Waals surface area contributed by atoms with E-state index in [1.54, 1.807) is 0 Å². The van der Waals surface area contributed by atoms with Crippen molar-refractivity contribution in [3.8, 4) is 0 Å². The van der Waals surface area contributed by atoms with Gasteiger partial charge in [-0.1, -0.05) is 36.3 Å². The molecule has 2 saturated heterocycles. The summed E-state index contributed by atoms with van der Waals surface area (Å²) in [6.07, 6.45) is -4.15. The third-order valence-electron chi connectivity index (χ3n) is 5.02. The summed E-state index contributed by atoms with van der Waals surface area (Å²) >= 11 is 0. The van der Waals surface area contributed by atoms with Crippen molar-refractivity contribution in [3.05, 3.63) is 41.8 Å². The van der Waals surface area contributed by atoms with Crippen molar-refractivity contribution >= 4 is 16.8 Å². The molecular weight excluding hydrogens is 478 g/mol. The maximum atomic E-state index is 9.66. The molecule has 0 radical (unpaired) electrons. The van der Waals surface area contributed by atoms with Crippen molar-refractivity contribution < 1.29 is 24.2 Å². The van der Waals surface area contributed by atoms with Crippen molar-refractivity contribution in [2.24, 2.45) is 26.4 Å². The molecule has 0 aromatic carbocycles. The van der Waals surface area contributed by atoms with Gasteiger partial charge in [-0.25, -0.2) is 0 Å². The lowest BCUT2D eigenvalue weighted by Gasteiger charge is -2.41. The first-order chi connectivity index (χ1) is 15.6. The molecule has 2 N–H and O–H groups in total. The molecule has 33 heavy (non-hydrogen) atoms. The van der Waals surface area contributed by atoms with Gasteiger partial charge in [0.05, 0.1) is 36.4 Å². The van der Waals surface area contributed by atoms with E-state index in [1.165, 1.54) is 6.92 Å². The quantitative estimate of drug-likeness (QED) is 0.234. The van der Waals surface area contributed by atoms with E-state index in [9.17, 15) is 10.2 Å². The standard InChI is InChI=1S/C8H16N6O2P2.C6H10N6O3/c1-4-6(11-13-9)5(2)15-8(16-18(3)17)7(4)12-14-10;1-2-3(9-11-7)5(13)4(10-12-8)6(14)15-2/h4-8H,17H2,1-3H3;2-6,13-14H,1H3/t4-,5?,6-,7?,8+,18?;2?,3-,4?,5+,6?/m01/s1. The fraction of sp³-hybridized carbons (Fsp3) is 1.00. The number of rotatable bonds is 6. The van der Waals surface area contributed by atoms with Crippen LogP contribution in [0.3, 0.4) is 0 Å². The van der Waals surface area contributed by atoms with Gasteiger partial charge in [-0.3, -0.25) is 0 Å². The molecule has 2 fully saturated rings. The van der Waals surface area contributed by atoms with Gasteiger partial charge in [-0.2, -0.15) is 0 Å². The highest BCUT2D eigenvalue weighted by Crippen LogP contribution is 2.45. The van der Waals surface area contributed by atoms with Crippen LogP contribution in [-0.2, 0) is 14.0 Å². The molecule has 2 heterocycles. The Bertz CT molecular complexity index is 812. The van der Waals surface area contributed by atoms with Crippen LogP contribution in [0.5, 0.6) is 0 Å². The summed E-state index contributed by atoms with van der Waals surface area (Å²) in [7, 11) is 1.84. The largest absolute Gasteiger partial charge is 0.392 e. The molecule has 0 bridgehead atoms. The summed E-state index contributed by atoms with van der Waals surface area (Å²) in [5.41, 5.74) is 33.6. The molecule has 19 heteroatoms. The van der Waals surface area contributed by atoms with Crippen molar-refractivity contribution in [1.82, 2.24) is 0 Å². The Kier molecular flexibility index (Phi) is 12.5. The molecule has 0 aromatic heterocycles. The Balaban J connectivity index is 0.000000335. The number of azide groups is 4. The van der Waals surface area contributed by atoms with Gasteiger partial charge in [0.2, 0.25) is 0 Å². The van der Waals surface area contributed by atoms with E-state index in [0.717, 1.165) is 0 Å². The van der Waals surface area contributed by atoms with Crippen molar-refractivity contribution in [1.29, 1.82) is 0 Å². The van der Waals surface area contributed by atoms with E-state index in [-0.39, 0.29) is 18.1 Å². The van der Waals surface area contributed by atoms with Crippen LogP contribution in [0.2, 0.25) is 0 Å². The van der Waals surface area contributed by atoms with Gasteiger partial charge in [-0.05, 0) is 48.6 Å². The number of nitrogens with zero attached hydrogens (tertiary/aromatic N) is 12. The lowest BCUT2D eigenvalue weighted by Crippen LogP contribution is -2.54. The fourth-order valence-electron chi connectivity index (χ4n) is 3.41. The van der Waals surface area contributed by atoms with Gasteiger partial charge in [0, 0.05) is 27.5 Å². The van der Waals surface area contributed by atoms with Gasteiger partial charge in [0.25, 0.3) is 0 Å². The van der Waals surface area contributed by atoms with Crippen molar-refractivity contribution in [2.75, 3.05) is 6.66 Å². The van der Waals surface area contributed by atoms with Gasteiger partial charge >= 0.3 is 0 Å². The van der Waals surface area contributed by atoms with Crippen molar-refractivity contribution in [3.63, 3.8) is 0 Å². The normalized spacial score (nSPS) is 38.5. The van der Waals surface area contributed by atoms with E-state index in [1.807, 2.05) is 20.5 Å². The Morgan fingerprint density at radius 1 is 0.788 bits per heavy atom. The van der Waals surface area contributed by atoms with Crippen LogP contribution in [0, 0.1) is 5.92 Å². The minimum absolute atomic E-state index is 0.134. The molecule has 0 amide bonds. The van der Waals surface area contributed by atoms with Crippen LogP contribution < -0.4 is 0 Å². The van der Waals surface area contributed by atoms with Crippen LogP contribution in [0.1, 0.15) is 20.8 Å². The molecule has 0 spiro atoms. The van der Waals surface area contributed by atoms with Gasteiger partial charge < -0.3 is 24.2 Å². The molecule has 17 nitrogen and oxygen atoms in total. The molecule has 7 unspecified atom stereocenters. The van der Waals surface area contributed by atoms with E-state index in [2.05, 4.69) is 49.0 Å². The smallest absolute Gasteiger partial charge is 0.170 e. The van der Waals surface area contributed by atoms with E-state index in [4.69, 9.17) is 36.1 Å². The average Bonchev–Trinajstić information content (AvgIpc) is 2.74. The zero-order valence-electron chi connectivity index (χ0n) is 18.3. The Morgan fingerprint density at radius 2 is 1.24 bits per heavy atom. The van der Waals surface area contributed by atoms with E-state index in [0.29, 0.717) is 0 Å². The SMILES string of the molecule is CC1OC(O)C(N=[N+]=[N-])[C@@H](O)[C@@H]1N=[N+]=[N-].CC1O[C@H](OP(C)P)C(N=[N+]=[N-])[C@@H](C)[C@@H]1N=[N+]=[N-]. The Hall–Kier alpha value is -2.10. The molecule has 0 aromatic rings. The third kappa shape index (κ3) is 8.01. The maximum Gasteiger partial charge on any atom is 0.170 e. The average molecular weight is 504 g/mol. The van der Waals surface area contributed by atoms with Crippen LogP contribution in [0.4, 0.5) is 0 Å². The summed E-state index contributed by atoms with van der Waals surface area (Å²) in [4.78, 5) is 10.6. The minimum atomic E-state index is -1.39. The molecule has 182 valence electrons. The van der Waals surface area contributed by atoms with Crippen molar-refractivity contribution in [2.45, 2.75) is 75.8 Å². The summed E-state index contributed by atoms with van der Waals surface area (Å²) < 4.78 is 16.2. The van der Waals surface area contributed by atoms with Gasteiger partial charge in [-0.15, -0.1) is 0 Å². The Labute approximate surface area is 192 Å². The zero-order chi connectivity index (χ0) is 25.1.